The third-order valence-corrected chi connectivity index (χ3v) is 5.08. The molecule has 0 bridgehead atoms. The molecule has 3 N–H and O–H groups in total. The SMILES string of the molecule is Cc1nn(C)c(C)c1CCNC(=O)c1cn(CC2(O)CCNCC2)nn1. The summed E-state index contributed by atoms with van der Waals surface area (Å²) >= 11 is 0. The molecule has 1 fully saturated rings. The second-order valence-corrected chi connectivity index (χ2v) is 7.05. The summed E-state index contributed by atoms with van der Waals surface area (Å²) in [6.07, 6.45) is 3.64. The molecule has 3 rings (SSSR count). The summed E-state index contributed by atoms with van der Waals surface area (Å²) in [6.45, 7) is 6.42. The van der Waals surface area contributed by atoms with Gasteiger partial charge in [-0.1, -0.05) is 5.21 Å². The number of amides is 1. The van der Waals surface area contributed by atoms with Crippen LogP contribution in [0.4, 0.5) is 0 Å². The average molecular weight is 361 g/mol. The molecule has 0 saturated carbocycles. The number of piperidine rings is 1. The van der Waals surface area contributed by atoms with Gasteiger partial charge in [0.05, 0.1) is 24.0 Å². The molecule has 3 heterocycles. The lowest BCUT2D eigenvalue weighted by molar-refractivity contribution is -0.00866. The van der Waals surface area contributed by atoms with Crippen LogP contribution in [0.1, 0.15) is 40.3 Å². The highest BCUT2D eigenvalue weighted by Gasteiger charge is 2.30. The van der Waals surface area contributed by atoms with Gasteiger partial charge in [-0.25, -0.2) is 4.68 Å². The van der Waals surface area contributed by atoms with Crippen molar-refractivity contribution in [2.24, 2.45) is 7.05 Å². The number of rotatable bonds is 6. The van der Waals surface area contributed by atoms with Gasteiger partial charge in [0, 0.05) is 19.3 Å². The molecule has 142 valence electrons. The minimum atomic E-state index is -0.790. The van der Waals surface area contributed by atoms with Gasteiger partial charge in [0.25, 0.3) is 5.91 Å². The van der Waals surface area contributed by atoms with E-state index in [0.29, 0.717) is 25.9 Å². The van der Waals surface area contributed by atoms with Gasteiger partial charge in [0.2, 0.25) is 0 Å². The molecule has 0 aromatic carbocycles. The lowest BCUT2D eigenvalue weighted by Gasteiger charge is -2.32. The van der Waals surface area contributed by atoms with Crippen LogP contribution in [0.5, 0.6) is 0 Å². The molecule has 0 spiro atoms. The standard InChI is InChI=1S/C17H27N7O2/c1-12-14(13(2)23(3)21-12)4-7-19-16(25)15-10-24(22-20-15)11-17(26)5-8-18-9-6-17/h10,18,26H,4-9,11H2,1-3H3,(H,19,25). The topological polar surface area (TPSA) is 110 Å². The summed E-state index contributed by atoms with van der Waals surface area (Å²) in [6, 6.07) is 0. The minimum Gasteiger partial charge on any atom is -0.388 e. The van der Waals surface area contributed by atoms with Crippen molar-refractivity contribution >= 4 is 5.91 Å². The maximum Gasteiger partial charge on any atom is 0.273 e. The fourth-order valence-electron chi connectivity index (χ4n) is 3.40. The van der Waals surface area contributed by atoms with Crippen molar-refractivity contribution in [2.45, 2.75) is 45.3 Å². The fraction of sp³-hybridized carbons (Fsp3) is 0.647. The van der Waals surface area contributed by atoms with E-state index < -0.39 is 5.60 Å². The number of aromatic nitrogens is 5. The predicted octanol–water partition coefficient (Wildman–Crippen LogP) is -0.285. The Kier molecular flexibility index (Phi) is 5.38. The fourth-order valence-corrected chi connectivity index (χ4v) is 3.40. The monoisotopic (exact) mass is 361 g/mol. The maximum atomic E-state index is 12.3. The summed E-state index contributed by atoms with van der Waals surface area (Å²) in [5, 5.41) is 29.0. The van der Waals surface area contributed by atoms with Crippen molar-refractivity contribution in [1.29, 1.82) is 0 Å². The summed E-state index contributed by atoms with van der Waals surface area (Å²) in [7, 11) is 1.92. The van der Waals surface area contributed by atoms with Crippen molar-refractivity contribution in [2.75, 3.05) is 19.6 Å². The molecule has 2 aromatic rings. The van der Waals surface area contributed by atoms with Gasteiger partial charge in [0.1, 0.15) is 0 Å². The first-order chi connectivity index (χ1) is 12.4. The molecule has 26 heavy (non-hydrogen) atoms. The lowest BCUT2D eigenvalue weighted by atomic mass is 9.92. The zero-order valence-corrected chi connectivity index (χ0v) is 15.6. The van der Waals surface area contributed by atoms with E-state index in [9.17, 15) is 9.90 Å². The molecular weight excluding hydrogens is 334 g/mol. The summed E-state index contributed by atoms with van der Waals surface area (Å²) in [4.78, 5) is 12.3. The Bertz CT molecular complexity index is 774. The molecule has 9 heteroatoms. The van der Waals surface area contributed by atoms with Crippen LogP contribution in [0.25, 0.3) is 0 Å². The Morgan fingerprint density at radius 1 is 1.38 bits per heavy atom. The van der Waals surface area contributed by atoms with E-state index in [1.807, 2.05) is 25.6 Å². The summed E-state index contributed by atoms with van der Waals surface area (Å²) in [5.74, 6) is -0.257. The maximum absolute atomic E-state index is 12.3. The highest BCUT2D eigenvalue weighted by atomic mass is 16.3. The van der Waals surface area contributed by atoms with Crippen LogP contribution in [-0.4, -0.2) is 61.0 Å². The Morgan fingerprint density at radius 3 is 2.77 bits per heavy atom. The number of nitrogens with zero attached hydrogens (tertiary/aromatic N) is 5. The van der Waals surface area contributed by atoms with E-state index >= 15 is 0 Å². The van der Waals surface area contributed by atoms with E-state index in [1.54, 1.807) is 10.9 Å². The largest absolute Gasteiger partial charge is 0.388 e. The highest BCUT2D eigenvalue weighted by molar-refractivity contribution is 5.91. The number of carbonyl (C=O) groups excluding carboxylic acids is 1. The number of aryl methyl sites for hydroxylation is 2. The van der Waals surface area contributed by atoms with E-state index in [0.717, 1.165) is 36.5 Å². The number of hydrogen-bond donors (Lipinski definition) is 3. The zero-order chi connectivity index (χ0) is 18.7. The highest BCUT2D eigenvalue weighted by Crippen LogP contribution is 2.19. The van der Waals surface area contributed by atoms with Crippen LogP contribution in [-0.2, 0) is 20.0 Å². The second kappa shape index (κ2) is 7.55. The molecular formula is C17H27N7O2. The molecule has 1 amide bonds. The molecule has 1 aliphatic rings. The summed E-state index contributed by atoms with van der Waals surface area (Å²) < 4.78 is 3.40. The van der Waals surface area contributed by atoms with Crippen molar-refractivity contribution < 1.29 is 9.90 Å². The van der Waals surface area contributed by atoms with Crippen molar-refractivity contribution in [1.82, 2.24) is 35.4 Å². The van der Waals surface area contributed by atoms with Gasteiger partial charge >= 0.3 is 0 Å². The molecule has 0 radical (unpaired) electrons. The van der Waals surface area contributed by atoms with Gasteiger partial charge in [-0.15, -0.1) is 5.10 Å². The lowest BCUT2D eigenvalue weighted by Crippen LogP contribution is -2.44. The Hall–Kier alpha value is -2.26. The first-order valence-electron chi connectivity index (χ1n) is 8.98. The van der Waals surface area contributed by atoms with E-state index in [-0.39, 0.29) is 11.6 Å². The molecule has 1 aliphatic heterocycles. The van der Waals surface area contributed by atoms with E-state index in [1.165, 1.54) is 0 Å². The van der Waals surface area contributed by atoms with Gasteiger partial charge in [-0.05, 0) is 51.8 Å². The van der Waals surface area contributed by atoms with Crippen LogP contribution in [0.15, 0.2) is 6.20 Å². The predicted molar refractivity (Wildman–Crippen MR) is 95.8 cm³/mol. The summed E-state index contributed by atoms with van der Waals surface area (Å²) in [5.41, 5.74) is 2.73. The number of nitrogens with one attached hydrogen (secondary N) is 2. The zero-order valence-electron chi connectivity index (χ0n) is 15.6. The van der Waals surface area contributed by atoms with Crippen molar-refractivity contribution in [3.05, 3.63) is 28.8 Å². The van der Waals surface area contributed by atoms with Crippen LogP contribution in [0.2, 0.25) is 0 Å². The second-order valence-electron chi connectivity index (χ2n) is 7.05. The van der Waals surface area contributed by atoms with E-state index in [4.69, 9.17) is 0 Å². The number of aliphatic hydroxyl groups is 1. The van der Waals surface area contributed by atoms with Crippen LogP contribution < -0.4 is 10.6 Å². The Morgan fingerprint density at radius 2 is 2.12 bits per heavy atom. The average Bonchev–Trinajstić information content (AvgIpc) is 3.14. The Balaban J connectivity index is 1.53. The van der Waals surface area contributed by atoms with Gasteiger partial charge in [-0.3, -0.25) is 9.48 Å². The van der Waals surface area contributed by atoms with Crippen molar-refractivity contribution in [3.8, 4) is 0 Å². The molecule has 2 aromatic heterocycles. The van der Waals surface area contributed by atoms with Crippen LogP contribution in [0, 0.1) is 13.8 Å². The third-order valence-electron chi connectivity index (χ3n) is 5.08. The van der Waals surface area contributed by atoms with E-state index in [2.05, 4.69) is 26.0 Å². The first-order valence-corrected chi connectivity index (χ1v) is 8.98. The van der Waals surface area contributed by atoms with Gasteiger partial charge in [0.15, 0.2) is 5.69 Å². The number of carbonyl (C=O) groups is 1. The quantitative estimate of drug-likeness (QED) is 0.653. The van der Waals surface area contributed by atoms with Gasteiger partial charge in [-0.2, -0.15) is 5.10 Å². The molecule has 0 atom stereocenters. The first kappa shape index (κ1) is 18.5. The van der Waals surface area contributed by atoms with Crippen LogP contribution >= 0.6 is 0 Å². The molecule has 0 unspecified atom stereocenters. The third kappa shape index (κ3) is 4.10. The Labute approximate surface area is 152 Å². The minimum absolute atomic E-state index is 0.257. The van der Waals surface area contributed by atoms with Crippen molar-refractivity contribution in [3.63, 3.8) is 0 Å². The van der Waals surface area contributed by atoms with Crippen LogP contribution in [0.3, 0.4) is 0 Å². The molecule has 0 aliphatic carbocycles. The number of hydrogen-bond acceptors (Lipinski definition) is 6. The van der Waals surface area contributed by atoms with Gasteiger partial charge < -0.3 is 15.7 Å². The normalized spacial score (nSPS) is 16.6. The molecule has 9 nitrogen and oxygen atoms in total. The molecule has 1 saturated heterocycles. The smallest absolute Gasteiger partial charge is 0.273 e.